The number of aryl methyl sites for hydroxylation is 2. The van der Waals surface area contributed by atoms with Crippen LogP contribution in [0.4, 0.5) is 10.8 Å². The van der Waals surface area contributed by atoms with E-state index in [9.17, 15) is 13.2 Å². The molecule has 0 N–H and O–H groups in total. The quantitative estimate of drug-likeness (QED) is 0.302. The minimum absolute atomic E-state index is 0.178. The molecule has 1 aromatic heterocycles. The van der Waals surface area contributed by atoms with Gasteiger partial charge in [0.05, 0.1) is 20.8 Å². The number of likely N-dealkylation sites (N-methyl/N-ethyl adjacent to an activating group) is 1. The number of aromatic nitrogens is 1. The van der Waals surface area contributed by atoms with E-state index in [1.807, 2.05) is 49.3 Å². The standard InChI is InChI=1S/C29H32N4O3S2/c1-4-21-11-16-25-27(20-21)37-29(30-25)32(19-18-31(2)3)28(34)23-12-14-24(15-13-23)38(35,36)33-17-7-9-22-8-5-6-10-26(22)33/h5-6,8,10-16,20H,4,7,9,17-19H2,1-3H3. The molecule has 198 valence electrons. The van der Waals surface area contributed by atoms with Gasteiger partial charge in [0.25, 0.3) is 15.9 Å². The zero-order chi connectivity index (χ0) is 26.9. The molecule has 9 heteroatoms. The lowest BCUT2D eigenvalue weighted by atomic mass is 10.0. The average Bonchev–Trinajstić information content (AvgIpc) is 3.35. The van der Waals surface area contributed by atoms with Gasteiger partial charge in [0.1, 0.15) is 0 Å². The van der Waals surface area contributed by atoms with E-state index in [1.165, 1.54) is 33.3 Å². The topological polar surface area (TPSA) is 73.8 Å². The number of sulfonamides is 1. The predicted octanol–water partition coefficient (Wildman–Crippen LogP) is 5.21. The lowest BCUT2D eigenvalue weighted by Crippen LogP contribution is -2.37. The summed E-state index contributed by atoms with van der Waals surface area (Å²) in [7, 11) is 0.186. The monoisotopic (exact) mass is 548 g/mol. The number of anilines is 2. The van der Waals surface area contributed by atoms with E-state index >= 15 is 0 Å². The van der Waals surface area contributed by atoms with Crippen molar-refractivity contribution >= 4 is 48.3 Å². The smallest absolute Gasteiger partial charge is 0.264 e. The van der Waals surface area contributed by atoms with Gasteiger partial charge < -0.3 is 4.90 Å². The molecular weight excluding hydrogens is 516 g/mol. The number of hydrogen-bond donors (Lipinski definition) is 0. The van der Waals surface area contributed by atoms with Crippen LogP contribution >= 0.6 is 11.3 Å². The van der Waals surface area contributed by atoms with Gasteiger partial charge in [0, 0.05) is 25.2 Å². The molecule has 2 heterocycles. The van der Waals surface area contributed by atoms with Crippen molar-refractivity contribution in [1.29, 1.82) is 0 Å². The SMILES string of the molecule is CCc1ccc2nc(N(CCN(C)C)C(=O)c3ccc(S(=O)(=O)N4CCCc5ccccc54)cc3)sc2c1. The van der Waals surface area contributed by atoms with Crippen LogP contribution in [-0.4, -0.2) is 57.9 Å². The lowest BCUT2D eigenvalue weighted by molar-refractivity contribution is 0.0985. The maximum atomic E-state index is 13.7. The first-order valence-corrected chi connectivity index (χ1v) is 15.1. The molecule has 0 fully saturated rings. The summed E-state index contributed by atoms with van der Waals surface area (Å²) < 4.78 is 29.6. The van der Waals surface area contributed by atoms with Crippen LogP contribution in [0, 0.1) is 0 Å². The molecule has 0 unspecified atom stereocenters. The molecular formula is C29H32N4O3S2. The molecule has 0 saturated carbocycles. The Balaban J connectivity index is 1.44. The van der Waals surface area contributed by atoms with Crippen molar-refractivity contribution in [3.63, 3.8) is 0 Å². The van der Waals surface area contributed by atoms with E-state index in [-0.39, 0.29) is 10.8 Å². The van der Waals surface area contributed by atoms with Crippen molar-refractivity contribution in [2.45, 2.75) is 31.1 Å². The fourth-order valence-corrected chi connectivity index (χ4v) is 7.27. The molecule has 3 aromatic carbocycles. The Labute approximate surface area is 228 Å². The minimum Gasteiger partial charge on any atom is -0.308 e. The van der Waals surface area contributed by atoms with Crippen molar-refractivity contribution in [2.24, 2.45) is 0 Å². The van der Waals surface area contributed by atoms with Crippen molar-refractivity contribution in [2.75, 3.05) is 42.9 Å². The molecule has 1 aliphatic heterocycles. The molecule has 0 bridgehead atoms. The summed E-state index contributed by atoms with van der Waals surface area (Å²) in [6.45, 7) is 3.69. The lowest BCUT2D eigenvalue weighted by Gasteiger charge is -2.30. The highest BCUT2D eigenvalue weighted by Gasteiger charge is 2.29. The number of carbonyl (C=O) groups excluding carboxylic acids is 1. The molecule has 1 amide bonds. The maximum Gasteiger partial charge on any atom is 0.264 e. The molecule has 0 spiro atoms. The van der Waals surface area contributed by atoms with Crippen LogP contribution in [0.3, 0.4) is 0 Å². The molecule has 0 atom stereocenters. The summed E-state index contributed by atoms with van der Waals surface area (Å²) in [5.41, 5.74) is 4.29. The van der Waals surface area contributed by atoms with E-state index in [0.717, 1.165) is 40.7 Å². The third-order valence-corrected chi connectivity index (χ3v) is 9.72. The molecule has 0 radical (unpaired) electrons. The van der Waals surface area contributed by atoms with E-state index in [2.05, 4.69) is 19.1 Å². The van der Waals surface area contributed by atoms with Gasteiger partial charge in [-0.1, -0.05) is 42.5 Å². The van der Waals surface area contributed by atoms with Crippen molar-refractivity contribution in [3.8, 4) is 0 Å². The van der Waals surface area contributed by atoms with Gasteiger partial charge in [0.2, 0.25) is 0 Å². The highest BCUT2D eigenvalue weighted by Crippen LogP contribution is 2.33. The molecule has 7 nitrogen and oxygen atoms in total. The predicted molar refractivity (Wildman–Crippen MR) is 155 cm³/mol. The number of thiazole rings is 1. The van der Waals surface area contributed by atoms with Gasteiger partial charge in [-0.25, -0.2) is 13.4 Å². The highest BCUT2D eigenvalue weighted by molar-refractivity contribution is 7.92. The fraction of sp³-hybridized carbons (Fsp3) is 0.310. The van der Waals surface area contributed by atoms with Gasteiger partial charge in [-0.3, -0.25) is 14.0 Å². The second kappa shape index (κ2) is 10.8. The van der Waals surface area contributed by atoms with Crippen LogP contribution in [0.25, 0.3) is 10.2 Å². The second-order valence-electron chi connectivity index (χ2n) is 9.75. The fourth-order valence-electron chi connectivity index (χ4n) is 4.68. The Morgan fingerprint density at radius 2 is 1.79 bits per heavy atom. The number of amides is 1. The van der Waals surface area contributed by atoms with E-state index in [0.29, 0.717) is 30.3 Å². The van der Waals surface area contributed by atoms with E-state index < -0.39 is 10.0 Å². The first-order chi connectivity index (χ1) is 18.3. The minimum atomic E-state index is -3.74. The van der Waals surface area contributed by atoms with Crippen LogP contribution < -0.4 is 9.21 Å². The molecule has 5 rings (SSSR count). The number of benzene rings is 3. The third kappa shape index (κ3) is 5.18. The number of rotatable bonds is 8. The van der Waals surface area contributed by atoms with Gasteiger partial charge in [-0.05, 0) is 86.9 Å². The highest BCUT2D eigenvalue weighted by atomic mass is 32.2. The Morgan fingerprint density at radius 3 is 2.53 bits per heavy atom. The molecule has 4 aromatic rings. The van der Waals surface area contributed by atoms with Crippen molar-refractivity contribution in [3.05, 3.63) is 83.4 Å². The molecule has 0 aliphatic carbocycles. The van der Waals surface area contributed by atoms with Gasteiger partial charge in [-0.15, -0.1) is 0 Å². The number of hydrogen-bond acceptors (Lipinski definition) is 6. The first kappa shape index (κ1) is 26.3. The Kier molecular flexibility index (Phi) is 7.52. The molecule has 38 heavy (non-hydrogen) atoms. The Hall–Kier alpha value is -3.27. The van der Waals surface area contributed by atoms with Crippen molar-refractivity contribution in [1.82, 2.24) is 9.88 Å². The number of fused-ring (bicyclic) bond motifs is 2. The molecule has 0 saturated heterocycles. The zero-order valence-electron chi connectivity index (χ0n) is 21.9. The summed E-state index contributed by atoms with van der Waals surface area (Å²) in [6.07, 6.45) is 2.57. The van der Waals surface area contributed by atoms with Crippen LogP contribution in [-0.2, 0) is 22.9 Å². The Bertz CT molecular complexity index is 1560. The zero-order valence-corrected chi connectivity index (χ0v) is 23.6. The Morgan fingerprint density at radius 1 is 1.03 bits per heavy atom. The maximum absolute atomic E-state index is 13.7. The summed E-state index contributed by atoms with van der Waals surface area (Å²) >= 11 is 1.50. The van der Waals surface area contributed by atoms with Crippen molar-refractivity contribution < 1.29 is 13.2 Å². The second-order valence-corrected chi connectivity index (χ2v) is 12.6. The summed E-state index contributed by atoms with van der Waals surface area (Å²) in [4.78, 5) is 22.3. The summed E-state index contributed by atoms with van der Waals surface area (Å²) in [5, 5.41) is 0.640. The van der Waals surface area contributed by atoms with Crippen LogP contribution in [0.15, 0.2) is 71.6 Å². The van der Waals surface area contributed by atoms with Gasteiger partial charge in [0.15, 0.2) is 5.13 Å². The van der Waals surface area contributed by atoms with Crippen LogP contribution in [0.5, 0.6) is 0 Å². The molecule has 1 aliphatic rings. The number of nitrogens with zero attached hydrogens (tertiary/aromatic N) is 4. The van der Waals surface area contributed by atoms with E-state index in [1.54, 1.807) is 17.0 Å². The van der Waals surface area contributed by atoms with Gasteiger partial charge >= 0.3 is 0 Å². The normalized spacial score (nSPS) is 13.6. The largest absolute Gasteiger partial charge is 0.308 e. The number of para-hydroxylation sites is 1. The third-order valence-electron chi connectivity index (χ3n) is 6.85. The first-order valence-electron chi connectivity index (χ1n) is 12.8. The van der Waals surface area contributed by atoms with Crippen LogP contribution in [0.1, 0.15) is 34.8 Å². The van der Waals surface area contributed by atoms with E-state index in [4.69, 9.17) is 4.98 Å². The summed E-state index contributed by atoms with van der Waals surface area (Å²) in [6, 6.07) is 20.1. The number of carbonyl (C=O) groups is 1. The van der Waals surface area contributed by atoms with Gasteiger partial charge in [-0.2, -0.15) is 0 Å². The average molecular weight is 549 g/mol. The summed E-state index contributed by atoms with van der Waals surface area (Å²) in [5.74, 6) is -0.200. The van der Waals surface area contributed by atoms with Crippen LogP contribution in [0.2, 0.25) is 0 Å².